The Morgan fingerprint density at radius 3 is 1.74 bits per heavy atom. The Bertz CT molecular complexity index is 865. The Balaban J connectivity index is 0.000000382. The molecule has 0 aromatic heterocycles. The summed E-state index contributed by atoms with van der Waals surface area (Å²) >= 11 is 0. The van der Waals surface area contributed by atoms with Crippen LogP contribution in [0.3, 0.4) is 0 Å². The van der Waals surface area contributed by atoms with Crippen molar-refractivity contribution in [2.45, 2.75) is 123 Å². The van der Waals surface area contributed by atoms with Crippen LogP contribution in [-0.2, 0) is 15.1 Å². The van der Waals surface area contributed by atoms with Gasteiger partial charge in [-0.1, -0.05) is 64.8 Å². The average Bonchev–Trinajstić information content (AvgIpc) is 2.82. The van der Waals surface area contributed by atoms with Gasteiger partial charge in [0.15, 0.2) is 0 Å². The molecule has 0 radical (unpaired) electrons. The summed E-state index contributed by atoms with van der Waals surface area (Å²) in [6.45, 7) is 16.1. The molecule has 1 saturated carbocycles. The summed E-state index contributed by atoms with van der Waals surface area (Å²) in [6, 6.07) is 3.68. The van der Waals surface area contributed by atoms with Gasteiger partial charge in [0.05, 0.1) is 5.41 Å². The molecular weight excluding hydrogens is 510 g/mol. The van der Waals surface area contributed by atoms with Crippen LogP contribution in [0.2, 0.25) is 0 Å². The maximum absolute atomic E-state index is 12.6. The zero-order chi connectivity index (χ0) is 29.7. The molecule has 9 heteroatoms. The van der Waals surface area contributed by atoms with E-state index in [9.17, 15) is 36.2 Å². The largest absolute Gasteiger partial charge is 0.459 e. The molecule has 1 aromatic carbocycles. The van der Waals surface area contributed by atoms with Crippen molar-refractivity contribution in [2.75, 3.05) is 0 Å². The summed E-state index contributed by atoms with van der Waals surface area (Å²) in [6.07, 6.45) is -5.26. The van der Waals surface area contributed by atoms with Crippen LogP contribution in [0, 0.1) is 17.3 Å². The zero-order valence-electron chi connectivity index (χ0n) is 23.8. The maximum Gasteiger partial charge on any atom is 0.430 e. The fourth-order valence-corrected chi connectivity index (χ4v) is 4.34. The van der Waals surface area contributed by atoms with Gasteiger partial charge >= 0.3 is 18.3 Å². The Kier molecular flexibility index (Phi) is 11.4. The molecule has 1 N–H and O–H groups in total. The molecule has 2 rings (SSSR count). The van der Waals surface area contributed by atoms with Crippen molar-refractivity contribution in [3.63, 3.8) is 0 Å². The predicted octanol–water partition coefficient (Wildman–Crippen LogP) is 9.08. The van der Waals surface area contributed by atoms with Gasteiger partial charge in [-0.25, -0.2) is 0 Å². The SMILES string of the molecule is CCC(C)(C)C(=O)OC(C)(C)C1CCC(C)CC1.CCC(C)c1ccc(C(O)(C(F)(F)F)C(F)(F)F)cc1. The molecule has 0 aliphatic heterocycles. The topological polar surface area (TPSA) is 46.5 Å². The number of benzene rings is 1. The first-order valence-electron chi connectivity index (χ1n) is 13.3. The number of halogens is 6. The second-order valence-corrected chi connectivity index (χ2v) is 11.8. The molecule has 1 aromatic rings. The number of carbonyl (C=O) groups excluding carboxylic acids is 1. The highest BCUT2D eigenvalue weighted by Crippen LogP contribution is 2.50. The normalized spacial score (nSPS) is 20.3. The number of rotatable bonds is 7. The fraction of sp³-hybridized carbons (Fsp3) is 0.759. The van der Waals surface area contributed by atoms with Crippen LogP contribution in [-0.4, -0.2) is 29.0 Å². The van der Waals surface area contributed by atoms with Crippen molar-refractivity contribution in [3.8, 4) is 0 Å². The third-order valence-electron chi connectivity index (χ3n) is 8.12. The number of hydrogen-bond acceptors (Lipinski definition) is 3. The number of aliphatic hydroxyl groups is 1. The molecule has 0 heterocycles. The summed E-state index contributed by atoms with van der Waals surface area (Å²) in [4.78, 5) is 12.2. The number of alkyl halides is 6. The summed E-state index contributed by atoms with van der Waals surface area (Å²) in [5.74, 6) is 1.31. The lowest BCUT2D eigenvalue weighted by molar-refractivity contribution is -0.376. The Morgan fingerprint density at radius 2 is 1.37 bits per heavy atom. The molecule has 0 spiro atoms. The molecule has 38 heavy (non-hydrogen) atoms. The first-order chi connectivity index (χ1) is 17.1. The summed E-state index contributed by atoms with van der Waals surface area (Å²) in [5, 5.41) is 9.19. The maximum atomic E-state index is 12.6. The van der Waals surface area contributed by atoms with Gasteiger partial charge in [0.25, 0.3) is 5.60 Å². The standard InChI is InChI=1S/C16H30O2.C13H14F6O/c1-7-15(3,4)14(17)18-16(5,6)13-10-8-12(2)9-11-13;1-3-8(2)9-4-6-10(7-5-9)11(20,12(14,15)16)13(17,18)19/h12-13H,7-11H2,1-6H3;4-8,20H,3H2,1-2H3. The third-order valence-corrected chi connectivity index (χ3v) is 8.12. The van der Waals surface area contributed by atoms with Gasteiger partial charge in [-0.3, -0.25) is 4.79 Å². The minimum Gasteiger partial charge on any atom is -0.459 e. The van der Waals surface area contributed by atoms with Crippen LogP contribution in [0.4, 0.5) is 26.3 Å². The van der Waals surface area contributed by atoms with E-state index in [1.807, 2.05) is 27.7 Å². The molecule has 1 aliphatic carbocycles. The van der Waals surface area contributed by atoms with Crippen LogP contribution in [0.1, 0.15) is 111 Å². The van der Waals surface area contributed by atoms with E-state index in [0.29, 0.717) is 30.0 Å². The van der Waals surface area contributed by atoms with Crippen LogP contribution >= 0.6 is 0 Å². The van der Waals surface area contributed by atoms with Gasteiger partial charge in [0.2, 0.25) is 0 Å². The first kappa shape index (κ1) is 34.3. The van der Waals surface area contributed by atoms with Crippen LogP contribution in [0.15, 0.2) is 24.3 Å². The Hall–Kier alpha value is -1.77. The number of esters is 1. The van der Waals surface area contributed by atoms with Crippen LogP contribution in [0.25, 0.3) is 0 Å². The van der Waals surface area contributed by atoms with Crippen molar-refractivity contribution < 1.29 is 41.0 Å². The molecule has 1 fully saturated rings. The highest BCUT2D eigenvalue weighted by Gasteiger charge is 2.71. The average molecular weight is 555 g/mol. The summed E-state index contributed by atoms with van der Waals surface area (Å²) in [5.41, 5.74) is -6.15. The van der Waals surface area contributed by atoms with E-state index in [0.717, 1.165) is 12.3 Å². The van der Waals surface area contributed by atoms with Gasteiger partial charge in [-0.05, 0) is 76.7 Å². The van der Waals surface area contributed by atoms with Crippen LogP contribution < -0.4 is 0 Å². The number of carbonyl (C=O) groups is 1. The lowest BCUT2D eigenvalue weighted by Gasteiger charge is -2.39. The van der Waals surface area contributed by atoms with Crippen molar-refractivity contribution >= 4 is 5.97 Å². The monoisotopic (exact) mass is 554 g/mol. The van der Waals surface area contributed by atoms with E-state index in [1.165, 1.54) is 37.8 Å². The van der Waals surface area contributed by atoms with E-state index >= 15 is 0 Å². The van der Waals surface area contributed by atoms with Crippen LogP contribution in [0.5, 0.6) is 0 Å². The smallest absolute Gasteiger partial charge is 0.430 e. The highest BCUT2D eigenvalue weighted by atomic mass is 19.4. The molecule has 0 saturated heterocycles. The number of hydrogen-bond donors (Lipinski definition) is 1. The molecule has 1 unspecified atom stereocenters. The van der Waals surface area contributed by atoms with E-state index in [4.69, 9.17) is 4.74 Å². The zero-order valence-corrected chi connectivity index (χ0v) is 23.8. The number of ether oxygens (including phenoxy) is 1. The van der Waals surface area contributed by atoms with Crippen molar-refractivity contribution in [3.05, 3.63) is 35.4 Å². The molecule has 220 valence electrons. The van der Waals surface area contributed by atoms with E-state index in [1.54, 1.807) is 6.92 Å². The summed E-state index contributed by atoms with van der Waals surface area (Å²) in [7, 11) is 0. The van der Waals surface area contributed by atoms with Crippen molar-refractivity contribution in [1.82, 2.24) is 0 Å². The predicted molar refractivity (Wildman–Crippen MR) is 137 cm³/mol. The fourth-order valence-electron chi connectivity index (χ4n) is 4.34. The second kappa shape index (κ2) is 12.6. The second-order valence-electron chi connectivity index (χ2n) is 11.8. The molecule has 1 atom stereocenters. The van der Waals surface area contributed by atoms with Gasteiger partial charge in [0, 0.05) is 5.56 Å². The van der Waals surface area contributed by atoms with Crippen molar-refractivity contribution in [2.24, 2.45) is 17.3 Å². The minimum atomic E-state index is -5.84. The summed E-state index contributed by atoms with van der Waals surface area (Å²) < 4.78 is 81.7. The van der Waals surface area contributed by atoms with Crippen molar-refractivity contribution in [1.29, 1.82) is 0 Å². The molecule has 1 aliphatic rings. The third kappa shape index (κ3) is 8.12. The van der Waals surface area contributed by atoms with E-state index < -0.39 is 23.5 Å². The van der Waals surface area contributed by atoms with E-state index in [-0.39, 0.29) is 22.9 Å². The van der Waals surface area contributed by atoms with Gasteiger partial charge in [0.1, 0.15) is 5.60 Å². The van der Waals surface area contributed by atoms with E-state index in [2.05, 4.69) is 20.8 Å². The molecule has 0 bridgehead atoms. The van der Waals surface area contributed by atoms with Gasteiger partial charge < -0.3 is 9.84 Å². The lowest BCUT2D eigenvalue weighted by atomic mass is 9.75. The molecular formula is C29H44F6O3. The first-order valence-corrected chi connectivity index (χ1v) is 13.3. The Morgan fingerprint density at radius 1 is 0.921 bits per heavy atom. The molecule has 0 amide bonds. The highest BCUT2D eigenvalue weighted by molar-refractivity contribution is 5.76. The van der Waals surface area contributed by atoms with Gasteiger partial charge in [-0.15, -0.1) is 0 Å². The minimum absolute atomic E-state index is 0.00826. The molecule has 3 nitrogen and oxygen atoms in total. The van der Waals surface area contributed by atoms with Gasteiger partial charge in [-0.2, -0.15) is 26.3 Å². The lowest BCUT2D eigenvalue weighted by Crippen LogP contribution is -2.53. The quantitative estimate of drug-likeness (QED) is 0.270. The Labute approximate surface area is 223 Å².